The molecule has 0 aromatic heterocycles. The van der Waals surface area contributed by atoms with E-state index in [-0.39, 0.29) is 0 Å². The van der Waals surface area contributed by atoms with E-state index in [9.17, 15) is 5.41 Å². The van der Waals surface area contributed by atoms with Gasteiger partial charge in [0.25, 0.3) is 0 Å². The molecule has 0 radical (unpaired) electrons. The van der Waals surface area contributed by atoms with E-state index in [1.807, 2.05) is 65.6 Å². The maximum atomic E-state index is 9.67. The maximum absolute atomic E-state index is 9.67. The number of nitrogens with one attached hydrogen (secondary N) is 1. The van der Waals surface area contributed by atoms with E-state index in [1.54, 1.807) is 0 Å². The Kier molecular flexibility index (Phi) is 11.6. The first-order chi connectivity index (χ1) is 37.1. The number of anilines is 1. The van der Waals surface area contributed by atoms with E-state index < -0.39 is 0 Å². The highest BCUT2D eigenvalue weighted by Gasteiger charge is 2.24. The summed E-state index contributed by atoms with van der Waals surface area (Å²) in [6.07, 6.45) is 0. The van der Waals surface area contributed by atoms with Gasteiger partial charge in [0.2, 0.25) is 0 Å². The van der Waals surface area contributed by atoms with Gasteiger partial charge in [-0.2, -0.15) is 0 Å². The summed E-state index contributed by atoms with van der Waals surface area (Å²) in [4.78, 5) is 1.94. The summed E-state index contributed by atoms with van der Waals surface area (Å²) in [6.45, 7) is 4.50. The lowest BCUT2D eigenvalue weighted by Crippen LogP contribution is -2.29. The van der Waals surface area contributed by atoms with Gasteiger partial charge >= 0.3 is 0 Å². The van der Waals surface area contributed by atoms with Crippen LogP contribution in [-0.4, -0.2) is 5.84 Å². The lowest BCUT2D eigenvalue weighted by molar-refractivity contribution is 1.29. The van der Waals surface area contributed by atoms with E-state index in [0.717, 1.165) is 33.6 Å². The minimum atomic E-state index is 0.355. The van der Waals surface area contributed by atoms with Crippen LogP contribution >= 0.6 is 0 Å². The van der Waals surface area contributed by atoms with Crippen LogP contribution in [-0.2, 0) is 0 Å². The molecule has 2 heteroatoms. The van der Waals surface area contributed by atoms with Crippen molar-refractivity contribution in [3.63, 3.8) is 0 Å². The number of rotatable bonds is 10. The summed E-state index contributed by atoms with van der Waals surface area (Å²) >= 11 is 0. The number of hydrogen-bond donors (Lipinski definition) is 1. The highest BCUT2D eigenvalue weighted by Crippen LogP contribution is 2.50. The molecular formula is C73H50N2. The van der Waals surface area contributed by atoms with Crippen molar-refractivity contribution in [1.82, 2.24) is 0 Å². The van der Waals surface area contributed by atoms with Crippen molar-refractivity contribution in [2.24, 2.45) is 0 Å². The van der Waals surface area contributed by atoms with Gasteiger partial charge in [0.15, 0.2) is 0 Å². The molecular weight excluding hydrogens is 905 g/mol. The average molecular weight is 955 g/mol. The second-order valence-electron chi connectivity index (χ2n) is 19.1. The SMILES string of the molecule is C=C(c1ccccc1)N(C(=N)c1ccc(-c2c3ccccc3c(-c3ccc4c(-c5ccccc5-c5ccccc5)c5ccccc5c(-c5ccccc5-c5ccccc5)c4c3)c3ccccc23)cc1)c1ccccc1. The summed E-state index contributed by atoms with van der Waals surface area (Å²) in [7, 11) is 0. The first kappa shape index (κ1) is 45.0. The van der Waals surface area contributed by atoms with Gasteiger partial charge in [-0.1, -0.05) is 273 Å². The van der Waals surface area contributed by atoms with E-state index in [2.05, 4.69) is 231 Å². The van der Waals surface area contributed by atoms with Crippen LogP contribution < -0.4 is 4.90 Å². The minimum absolute atomic E-state index is 0.355. The largest absolute Gasteiger partial charge is 0.295 e. The van der Waals surface area contributed by atoms with Gasteiger partial charge in [0.05, 0.1) is 0 Å². The predicted octanol–water partition coefficient (Wildman–Crippen LogP) is 19.8. The number of nitrogens with zero attached hydrogens (tertiary/aromatic N) is 1. The zero-order valence-corrected chi connectivity index (χ0v) is 41.3. The lowest BCUT2D eigenvalue weighted by Gasteiger charge is -2.28. The van der Waals surface area contributed by atoms with Gasteiger partial charge < -0.3 is 0 Å². The molecule has 0 saturated carbocycles. The second kappa shape index (κ2) is 19.3. The normalized spacial score (nSPS) is 11.3. The van der Waals surface area contributed by atoms with Crippen LogP contribution in [0.4, 0.5) is 5.69 Å². The summed E-state index contributed by atoms with van der Waals surface area (Å²) in [6, 6.07) is 102. The predicted molar refractivity (Wildman–Crippen MR) is 320 cm³/mol. The van der Waals surface area contributed by atoms with Crippen LogP contribution in [0.5, 0.6) is 0 Å². The monoisotopic (exact) mass is 954 g/mol. The number of para-hydroxylation sites is 1. The van der Waals surface area contributed by atoms with E-state index >= 15 is 0 Å². The molecule has 0 bridgehead atoms. The first-order valence-electron chi connectivity index (χ1n) is 25.6. The fourth-order valence-electron chi connectivity index (χ4n) is 11.5. The van der Waals surface area contributed by atoms with E-state index in [0.29, 0.717) is 5.84 Å². The highest BCUT2D eigenvalue weighted by atomic mass is 15.2. The molecule has 1 N–H and O–H groups in total. The Balaban J connectivity index is 1.03. The fraction of sp³-hybridized carbons (Fsp3) is 0. The summed E-state index contributed by atoms with van der Waals surface area (Å²) in [5.74, 6) is 0.355. The molecule has 0 atom stereocenters. The summed E-state index contributed by atoms with van der Waals surface area (Å²) < 4.78 is 0. The Morgan fingerprint density at radius 3 is 1.09 bits per heavy atom. The molecule has 0 amide bonds. The van der Waals surface area contributed by atoms with Crippen LogP contribution in [0, 0.1) is 5.41 Å². The third kappa shape index (κ3) is 7.97. The molecule has 0 aliphatic heterocycles. The van der Waals surface area contributed by atoms with Crippen molar-refractivity contribution in [3.8, 4) is 66.8 Å². The molecule has 13 aromatic carbocycles. The Hall–Kier alpha value is -9.89. The van der Waals surface area contributed by atoms with Gasteiger partial charge in [0.1, 0.15) is 5.84 Å². The van der Waals surface area contributed by atoms with Gasteiger partial charge in [-0.15, -0.1) is 0 Å². The van der Waals surface area contributed by atoms with Crippen LogP contribution in [0.3, 0.4) is 0 Å². The number of benzene rings is 13. The molecule has 352 valence electrons. The second-order valence-corrected chi connectivity index (χ2v) is 19.1. The van der Waals surface area contributed by atoms with Crippen molar-refractivity contribution >= 4 is 60.3 Å². The molecule has 2 nitrogen and oxygen atoms in total. The molecule has 0 spiro atoms. The van der Waals surface area contributed by atoms with Gasteiger partial charge in [-0.3, -0.25) is 10.3 Å². The van der Waals surface area contributed by atoms with Crippen molar-refractivity contribution in [2.45, 2.75) is 0 Å². The van der Waals surface area contributed by atoms with Gasteiger partial charge in [-0.05, 0) is 134 Å². The molecule has 0 fully saturated rings. The minimum Gasteiger partial charge on any atom is -0.295 e. The van der Waals surface area contributed by atoms with E-state index in [4.69, 9.17) is 0 Å². The fourth-order valence-corrected chi connectivity index (χ4v) is 11.5. The molecule has 0 unspecified atom stereocenters. The zero-order valence-electron chi connectivity index (χ0n) is 41.3. The molecule has 13 aromatic rings. The quantitative estimate of drug-likeness (QED) is 0.0825. The Labute approximate surface area is 437 Å². The smallest absolute Gasteiger partial charge is 0.137 e. The summed E-state index contributed by atoms with van der Waals surface area (Å²) in [5.41, 5.74) is 17.6. The molecule has 13 rings (SSSR count). The molecule has 75 heavy (non-hydrogen) atoms. The number of fused-ring (bicyclic) bond motifs is 4. The van der Waals surface area contributed by atoms with Crippen LogP contribution in [0.25, 0.3) is 116 Å². The maximum Gasteiger partial charge on any atom is 0.137 e. The van der Waals surface area contributed by atoms with Crippen LogP contribution in [0.2, 0.25) is 0 Å². The Bertz CT molecular complexity index is 4240. The standard InChI is InChI=1S/C73H50N2/c1-49(50-24-6-2-7-25-50)75(56-30-12-5-13-31-56)73(74)54-44-42-53(43-45-54)69-61-36-18-20-38-63(61)70(64-39-21-19-37-62(64)69)55-46-47-67-68(48-55)72(60-35-17-15-33-58(60)52-28-10-4-11-29-52)66-41-23-22-40-65(66)71(67)59-34-16-14-32-57(59)51-26-8-3-9-27-51/h2-48,74H,1H2. The third-order valence-electron chi connectivity index (χ3n) is 14.9. The Morgan fingerprint density at radius 1 is 0.267 bits per heavy atom. The van der Waals surface area contributed by atoms with Crippen LogP contribution in [0.15, 0.2) is 292 Å². The topological polar surface area (TPSA) is 27.1 Å². The molecule has 0 aliphatic carbocycles. The van der Waals surface area contributed by atoms with Gasteiger partial charge in [0, 0.05) is 16.9 Å². The van der Waals surface area contributed by atoms with Crippen molar-refractivity contribution in [2.75, 3.05) is 4.90 Å². The number of hydrogen-bond acceptors (Lipinski definition) is 1. The Morgan fingerprint density at radius 2 is 0.613 bits per heavy atom. The first-order valence-corrected chi connectivity index (χ1v) is 25.6. The molecule has 0 aliphatic rings. The molecule has 0 heterocycles. The van der Waals surface area contributed by atoms with Gasteiger partial charge in [-0.25, -0.2) is 0 Å². The lowest BCUT2D eigenvalue weighted by atomic mass is 9.80. The zero-order chi connectivity index (χ0) is 50.2. The highest BCUT2D eigenvalue weighted by molar-refractivity contribution is 6.26. The third-order valence-corrected chi connectivity index (χ3v) is 14.9. The average Bonchev–Trinajstić information content (AvgIpc) is 3.48. The van der Waals surface area contributed by atoms with Crippen LogP contribution in [0.1, 0.15) is 11.1 Å². The number of amidine groups is 1. The molecule has 0 saturated heterocycles. The van der Waals surface area contributed by atoms with Crippen molar-refractivity contribution in [1.29, 1.82) is 5.41 Å². The van der Waals surface area contributed by atoms with E-state index in [1.165, 1.54) is 98.7 Å². The van der Waals surface area contributed by atoms with Crippen molar-refractivity contribution < 1.29 is 0 Å². The van der Waals surface area contributed by atoms with Crippen molar-refractivity contribution in [3.05, 3.63) is 303 Å². The summed E-state index contributed by atoms with van der Waals surface area (Å²) in [5, 5.41) is 19.2.